The summed E-state index contributed by atoms with van der Waals surface area (Å²) in [6.45, 7) is 3.45. The first-order chi connectivity index (χ1) is 9.06. The van der Waals surface area contributed by atoms with Crippen molar-refractivity contribution in [2.45, 2.75) is 19.9 Å². The summed E-state index contributed by atoms with van der Waals surface area (Å²) in [5, 5.41) is 12.4. The van der Waals surface area contributed by atoms with Crippen LogP contribution in [0.15, 0.2) is 17.6 Å². The monoisotopic (exact) mass is 280 g/mol. The number of aromatic nitrogens is 1. The number of thiazole rings is 1. The molecule has 1 amide bonds. The molecule has 6 heteroatoms. The molecule has 0 bridgehead atoms. The molecule has 0 saturated carbocycles. The molecule has 19 heavy (non-hydrogen) atoms. The largest absolute Gasteiger partial charge is 0.505 e. The Labute approximate surface area is 113 Å². The standard InChI is InChI=1S/C13H13FN2O2S/c1-7(15-5-17)9-3-4-10(11(14)12(9)18)13-8(2)16-6-19-13/h3-7,18H,1-2H3,(H,15,17). The molecule has 0 fully saturated rings. The van der Waals surface area contributed by atoms with E-state index in [0.29, 0.717) is 22.4 Å². The Morgan fingerprint density at radius 3 is 2.84 bits per heavy atom. The lowest BCUT2D eigenvalue weighted by atomic mass is 10.0. The van der Waals surface area contributed by atoms with Gasteiger partial charge in [0.1, 0.15) is 0 Å². The van der Waals surface area contributed by atoms with E-state index in [1.807, 2.05) is 0 Å². The molecule has 0 radical (unpaired) electrons. The topological polar surface area (TPSA) is 62.2 Å². The number of nitrogens with zero attached hydrogens (tertiary/aromatic N) is 1. The van der Waals surface area contributed by atoms with E-state index in [0.717, 1.165) is 5.69 Å². The lowest BCUT2D eigenvalue weighted by Gasteiger charge is -2.14. The summed E-state index contributed by atoms with van der Waals surface area (Å²) in [4.78, 5) is 15.1. The molecule has 0 aliphatic heterocycles. The van der Waals surface area contributed by atoms with Crippen LogP contribution in [0.4, 0.5) is 4.39 Å². The van der Waals surface area contributed by atoms with E-state index >= 15 is 0 Å². The Bertz CT molecular complexity index is 613. The van der Waals surface area contributed by atoms with E-state index in [1.54, 1.807) is 31.5 Å². The predicted molar refractivity (Wildman–Crippen MR) is 71.5 cm³/mol. The fourth-order valence-corrected chi connectivity index (χ4v) is 2.68. The van der Waals surface area contributed by atoms with Gasteiger partial charge < -0.3 is 10.4 Å². The second kappa shape index (κ2) is 5.36. The minimum atomic E-state index is -0.690. The Balaban J connectivity index is 2.49. The highest BCUT2D eigenvalue weighted by Gasteiger charge is 2.19. The Kier molecular flexibility index (Phi) is 3.80. The van der Waals surface area contributed by atoms with E-state index in [4.69, 9.17) is 0 Å². The maximum absolute atomic E-state index is 14.2. The van der Waals surface area contributed by atoms with Gasteiger partial charge in [0.15, 0.2) is 11.6 Å². The molecule has 1 heterocycles. The average molecular weight is 280 g/mol. The zero-order valence-corrected chi connectivity index (χ0v) is 11.3. The lowest BCUT2D eigenvalue weighted by molar-refractivity contribution is -0.110. The van der Waals surface area contributed by atoms with Gasteiger partial charge in [-0.15, -0.1) is 11.3 Å². The van der Waals surface area contributed by atoms with Crippen molar-refractivity contribution < 1.29 is 14.3 Å². The third-order valence-electron chi connectivity index (χ3n) is 2.92. The predicted octanol–water partition coefficient (Wildman–Crippen LogP) is 2.77. The van der Waals surface area contributed by atoms with Crippen LogP contribution in [0.1, 0.15) is 24.2 Å². The number of aryl methyl sites for hydroxylation is 1. The highest BCUT2D eigenvalue weighted by Crippen LogP contribution is 2.36. The van der Waals surface area contributed by atoms with Crippen LogP contribution in [0.25, 0.3) is 10.4 Å². The van der Waals surface area contributed by atoms with Crippen LogP contribution in [0, 0.1) is 12.7 Å². The maximum atomic E-state index is 14.2. The SMILES string of the molecule is Cc1ncsc1-c1ccc(C(C)NC=O)c(O)c1F. The van der Waals surface area contributed by atoms with Crippen molar-refractivity contribution in [2.75, 3.05) is 0 Å². The van der Waals surface area contributed by atoms with Crippen molar-refractivity contribution in [1.29, 1.82) is 0 Å². The number of phenols is 1. The van der Waals surface area contributed by atoms with Crippen molar-refractivity contribution in [3.8, 4) is 16.2 Å². The van der Waals surface area contributed by atoms with Gasteiger partial charge in [0.05, 0.1) is 22.1 Å². The molecule has 1 unspecified atom stereocenters. The van der Waals surface area contributed by atoms with Crippen molar-refractivity contribution in [3.05, 3.63) is 34.7 Å². The van der Waals surface area contributed by atoms with Crippen LogP contribution in [0.5, 0.6) is 5.75 Å². The van der Waals surface area contributed by atoms with Crippen LogP contribution in [-0.4, -0.2) is 16.5 Å². The molecule has 2 N–H and O–H groups in total. The van der Waals surface area contributed by atoms with Gasteiger partial charge in [-0.05, 0) is 19.9 Å². The summed E-state index contributed by atoms with van der Waals surface area (Å²) in [6.07, 6.45) is 0.517. The molecule has 0 aliphatic carbocycles. The zero-order chi connectivity index (χ0) is 14.0. The van der Waals surface area contributed by atoms with Gasteiger partial charge in [-0.2, -0.15) is 0 Å². The first-order valence-electron chi connectivity index (χ1n) is 5.67. The van der Waals surface area contributed by atoms with E-state index in [1.165, 1.54) is 11.3 Å². The number of rotatable bonds is 4. The van der Waals surface area contributed by atoms with E-state index in [2.05, 4.69) is 10.3 Å². The fraction of sp³-hybridized carbons (Fsp3) is 0.231. The summed E-state index contributed by atoms with van der Waals surface area (Å²) >= 11 is 1.32. The number of carbonyl (C=O) groups is 1. The summed E-state index contributed by atoms with van der Waals surface area (Å²) in [7, 11) is 0. The number of amides is 1. The van der Waals surface area contributed by atoms with E-state index in [9.17, 15) is 14.3 Å². The van der Waals surface area contributed by atoms with Crippen LogP contribution < -0.4 is 5.32 Å². The molecule has 1 aromatic carbocycles. The maximum Gasteiger partial charge on any atom is 0.207 e. The first-order valence-corrected chi connectivity index (χ1v) is 6.55. The third kappa shape index (κ3) is 2.44. The van der Waals surface area contributed by atoms with E-state index < -0.39 is 17.6 Å². The van der Waals surface area contributed by atoms with Crippen LogP contribution >= 0.6 is 11.3 Å². The zero-order valence-electron chi connectivity index (χ0n) is 10.5. The van der Waals surface area contributed by atoms with Crippen LogP contribution in [0.2, 0.25) is 0 Å². The second-order valence-corrected chi connectivity index (χ2v) is 4.99. The summed E-state index contributed by atoms with van der Waals surface area (Å²) in [5.74, 6) is -1.13. The van der Waals surface area contributed by atoms with Gasteiger partial charge in [0, 0.05) is 11.1 Å². The number of hydrogen-bond acceptors (Lipinski definition) is 4. The highest BCUT2D eigenvalue weighted by molar-refractivity contribution is 7.13. The van der Waals surface area contributed by atoms with E-state index in [-0.39, 0.29) is 0 Å². The average Bonchev–Trinajstić information content (AvgIpc) is 2.79. The molecule has 4 nitrogen and oxygen atoms in total. The molecule has 0 spiro atoms. The molecule has 1 aromatic heterocycles. The third-order valence-corrected chi connectivity index (χ3v) is 3.88. The number of nitrogens with one attached hydrogen (secondary N) is 1. The van der Waals surface area contributed by atoms with Crippen molar-refractivity contribution >= 4 is 17.7 Å². The highest BCUT2D eigenvalue weighted by atomic mass is 32.1. The number of hydrogen-bond donors (Lipinski definition) is 2. The van der Waals surface area contributed by atoms with Crippen molar-refractivity contribution in [3.63, 3.8) is 0 Å². The van der Waals surface area contributed by atoms with Crippen LogP contribution in [-0.2, 0) is 4.79 Å². The Morgan fingerprint density at radius 1 is 1.53 bits per heavy atom. The smallest absolute Gasteiger partial charge is 0.207 e. The molecule has 100 valence electrons. The fourth-order valence-electron chi connectivity index (χ4n) is 1.86. The number of carbonyl (C=O) groups excluding carboxylic acids is 1. The van der Waals surface area contributed by atoms with Gasteiger partial charge in [0.25, 0.3) is 0 Å². The number of benzene rings is 1. The molecular weight excluding hydrogens is 267 g/mol. The first kappa shape index (κ1) is 13.5. The minimum absolute atomic E-state index is 0.319. The molecule has 0 saturated heterocycles. The normalized spacial score (nSPS) is 12.2. The summed E-state index contributed by atoms with van der Waals surface area (Å²) in [5.41, 5.74) is 3.01. The van der Waals surface area contributed by atoms with Crippen molar-refractivity contribution in [2.24, 2.45) is 0 Å². The number of aromatic hydroxyl groups is 1. The molecule has 0 aliphatic rings. The minimum Gasteiger partial charge on any atom is -0.505 e. The summed E-state index contributed by atoms with van der Waals surface area (Å²) in [6, 6.07) is 2.74. The lowest BCUT2D eigenvalue weighted by Crippen LogP contribution is -2.16. The van der Waals surface area contributed by atoms with Crippen LogP contribution in [0.3, 0.4) is 0 Å². The quantitative estimate of drug-likeness (QED) is 0.846. The molecule has 1 atom stereocenters. The van der Waals surface area contributed by atoms with Gasteiger partial charge in [-0.3, -0.25) is 4.79 Å². The second-order valence-electron chi connectivity index (χ2n) is 4.14. The van der Waals surface area contributed by atoms with Gasteiger partial charge in [-0.25, -0.2) is 9.37 Å². The van der Waals surface area contributed by atoms with Crippen molar-refractivity contribution in [1.82, 2.24) is 10.3 Å². The number of phenolic OH excluding ortho intramolecular Hbond substituents is 1. The van der Waals surface area contributed by atoms with Gasteiger partial charge in [-0.1, -0.05) is 6.07 Å². The Morgan fingerprint density at radius 2 is 2.26 bits per heavy atom. The number of halogens is 1. The van der Waals surface area contributed by atoms with Gasteiger partial charge in [0.2, 0.25) is 6.41 Å². The van der Waals surface area contributed by atoms with Gasteiger partial charge >= 0.3 is 0 Å². The molecular formula is C13H13FN2O2S. The summed E-state index contributed by atoms with van der Waals surface area (Å²) < 4.78 is 14.2. The molecule has 2 aromatic rings. The Hall–Kier alpha value is -1.95. The molecule has 2 rings (SSSR count).